The minimum atomic E-state index is -0.817. The second kappa shape index (κ2) is 9.25. The van der Waals surface area contributed by atoms with Gasteiger partial charge in [-0.05, 0) is 12.8 Å². The van der Waals surface area contributed by atoms with Crippen molar-refractivity contribution < 1.29 is 19.4 Å². The van der Waals surface area contributed by atoms with Crippen LogP contribution in [0.2, 0.25) is 0 Å². The number of carboxylic acid groups (broad SMARTS) is 1. The molecule has 0 atom stereocenters. The van der Waals surface area contributed by atoms with Gasteiger partial charge in [-0.15, -0.1) is 0 Å². The molecule has 0 unspecified atom stereocenters. The molecule has 0 spiro atoms. The lowest BCUT2D eigenvalue weighted by Gasteiger charge is -2.30. The van der Waals surface area contributed by atoms with E-state index in [9.17, 15) is 14.9 Å². The van der Waals surface area contributed by atoms with E-state index in [1.54, 1.807) is 4.90 Å². The molecule has 2 N–H and O–H groups in total. The second-order valence-electron chi connectivity index (χ2n) is 5.98. The number of piperidine rings is 1. The van der Waals surface area contributed by atoms with E-state index in [4.69, 9.17) is 9.84 Å². The predicted octanol–water partition coefficient (Wildman–Crippen LogP) is -0.361. The summed E-state index contributed by atoms with van der Waals surface area (Å²) in [6.07, 6.45) is 2.33. The highest BCUT2D eigenvalue weighted by Gasteiger charge is 2.28. The van der Waals surface area contributed by atoms with Crippen molar-refractivity contribution in [3.05, 3.63) is 11.8 Å². The molecule has 2 fully saturated rings. The first kappa shape index (κ1) is 18.2. The lowest BCUT2D eigenvalue weighted by molar-refractivity contribution is -0.145. The number of nitriles is 1. The van der Waals surface area contributed by atoms with Crippen molar-refractivity contribution in [2.24, 2.45) is 5.92 Å². The number of ether oxygens (including phenoxy) is 1. The number of nitrogens with one attached hydrogen (secondary N) is 1. The number of likely N-dealkylation sites (tertiary alicyclic amines) is 1. The minimum Gasteiger partial charge on any atom is -0.481 e. The van der Waals surface area contributed by atoms with Crippen molar-refractivity contribution in [3.8, 4) is 6.07 Å². The number of rotatable bonds is 6. The third-order valence-corrected chi connectivity index (χ3v) is 4.40. The van der Waals surface area contributed by atoms with Gasteiger partial charge in [-0.1, -0.05) is 0 Å². The zero-order chi connectivity index (χ0) is 17.4. The molecule has 0 radical (unpaired) electrons. The average molecular weight is 336 g/mol. The summed E-state index contributed by atoms with van der Waals surface area (Å²) in [5.74, 6) is -1.54. The highest BCUT2D eigenvalue weighted by molar-refractivity contribution is 5.97. The molecule has 0 aliphatic carbocycles. The van der Waals surface area contributed by atoms with Gasteiger partial charge in [0.05, 0.1) is 19.1 Å². The van der Waals surface area contributed by atoms with Crippen LogP contribution in [-0.2, 0) is 14.3 Å². The molecule has 2 rings (SSSR count). The van der Waals surface area contributed by atoms with Gasteiger partial charge in [-0.25, -0.2) is 0 Å². The number of carboxylic acids is 1. The summed E-state index contributed by atoms with van der Waals surface area (Å²) in [6, 6.07) is 1.93. The maximum absolute atomic E-state index is 12.3. The molecule has 2 saturated heterocycles. The van der Waals surface area contributed by atoms with Gasteiger partial charge >= 0.3 is 5.97 Å². The SMILES string of the molecule is N#C/C(=C/NCCN1CCOCC1)C(=O)N1CCC(C(=O)O)CC1. The Bertz CT molecular complexity index is 515. The van der Waals surface area contributed by atoms with E-state index in [2.05, 4.69) is 10.2 Å². The van der Waals surface area contributed by atoms with Crippen molar-refractivity contribution in [1.29, 1.82) is 5.26 Å². The van der Waals surface area contributed by atoms with Crippen LogP contribution in [0.1, 0.15) is 12.8 Å². The Balaban J connectivity index is 1.76. The minimum absolute atomic E-state index is 0.0609. The molecule has 0 saturated carbocycles. The smallest absolute Gasteiger partial charge is 0.306 e. The highest BCUT2D eigenvalue weighted by atomic mass is 16.5. The van der Waals surface area contributed by atoms with Crippen LogP contribution < -0.4 is 5.32 Å². The summed E-state index contributed by atoms with van der Waals surface area (Å²) in [4.78, 5) is 27.1. The molecule has 2 aliphatic heterocycles. The molecule has 8 nitrogen and oxygen atoms in total. The van der Waals surface area contributed by atoms with Crippen LogP contribution in [0.15, 0.2) is 11.8 Å². The zero-order valence-electron chi connectivity index (χ0n) is 13.7. The summed E-state index contributed by atoms with van der Waals surface area (Å²) in [6.45, 7) is 5.51. The molecule has 1 amide bonds. The standard InChI is InChI=1S/C16H24N4O4/c17-11-14(12-18-3-6-19-7-9-24-10-8-19)15(21)20-4-1-13(2-5-20)16(22)23/h12-13,18H,1-10H2,(H,22,23)/b14-12-. The Labute approximate surface area is 141 Å². The molecular formula is C16H24N4O4. The predicted molar refractivity (Wildman–Crippen MR) is 85.9 cm³/mol. The van der Waals surface area contributed by atoms with Crippen molar-refractivity contribution in [2.75, 3.05) is 52.5 Å². The van der Waals surface area contributed by atoms with E-state index in [-0.39, 0.29) is 11.5 Å². The largest absolute Gasteiger partial charge is 0.481 e. The van der Waals surface area contributed by atoms with Crippen LogP contribution >= 0.6 is 0 Å². The maximum atomic E-state index is 12.3. The third-order valence-electron chi connectivity index (χ3n) is 4.40. The number of morpholine rings is 1. The molecule has 132 valence electrons. The molecular weight excluding hydrogens is 312 g/mol. The zero-order valence-corrected chi connectivity index (χ0v) is 13.7. The van der Waals surface area contributed by atoms with Gasteiger partial charge in [-0.3, -0.25) is 14.5 Å². The fourth-order valence-corrected chi connectivity index (χ4v) is 2.86. The summed E-state index contributed by atoms with van der Waals surface area (Å²) in [5, 5.41) is 21.2. The van der Waals surface area contributed by atoms with Gasteiger partial charge < -0.3 is 20.1 Å². The number of carbonyl (C=O) groups excluding carboxylic acids is 1. The van der Waals surface area contributed by atoms with Gasteiger partial charge in [0.15, 0.2) is 0 Å². The van der Waals surface area contributed by atoms with E-state index in [1.165, 1.54) is 6.20 Å². The Morgan fingerprint density at radius 3 is 2.50 bits per heavy atom. The first-order valence-corrected chi connectivity index (χ1v) is 8.27. The van der Waals surface area contributed by atoms with Crippen molar-refractivity contribution >= 4 is 11.9 Å². The van der Waals surface area contributed by atoms with Crippen molar-refractivity contribution in [1.82, 2.24) is 15.1 Å². The molecule has 8 heteroatoms. The lowest BCUT2D eigenvalue weighted by Crippen LogP contribution is -2.41. The van der Waals surface area contributed by atoms with E-state index >= 15 is 0 Å². The van der Waals surface area contributed by atoms with Gasteiger partial charge in [0.2, 0.25) is 0 Å². The fraction of sp³-hybridized carbons (Fsp3) is 0.688. The molecule has 2 heterocycles. The van der Waals surface area contributed by atoms with E-state index in [0.29, 0.717) is 32.5 Å². The Kier molecular flexibility index (Phi) is 7.03. The van der Waals surface area contributed by atoms with Crippen molar-refractivity contribution in [3.63, 3.8) is 0 Å². The molecule has 24 heavy (non-hydrogen) atoms. The normalized spacial score (nSPS) is 20.5. The van der Waals surface area contributed by atoms with Gasteiger partial charge in [0.1, 0.15) is 11.6 Å². The molecule has 0 aromatic heterocycles. The van der Waals surface area contributed by atoms with Crippen LogP contribution in [0.25, 0.3) is 0 Å². The molecule has 2 aliphatic rings. The Hall–Kier alpha value is -2.11. The Morgan fingerprint density at radius 1 is 1.25 bits per heavy atom. The highest BCUT2D eigenvalue weighted by Crippen LogP contribution is 2.18. The number of amides is 1. The van der Waals surface area contributed by atoms with Gasteiger partial charge in [0.25, 0.3) is 5.91 Å². The average Bonchev–Trinajstić information content (AvgIpc) is 2.62. The molecule has 0 bridgehead atoms. The summed E-state index contributed by atoms with van der Waals surface area (Å²) in [7, 11) is 0. The van der Waals surface area contributed by atoms with Gasteiger partial charge in [-0.2, -0.15) is 5.26 Å². The maximum Gasteiger partial charge on any atom is 0.306 e. The molecule has 0 aromatic rings. The van der Waals surface area contributed by atoms with E-state index in [0.717, 1.165) is 32.8 Å². The van der Waals surface area contributed by atoms with Crippen LogP contribution in [0, 0.1) is 17.2 Å². The number of aliphatic carboxylic acids is 1. The topological polar surface area (TPSA) is 106 Å². The van der Waals surface area contributed by atoms with Crippen LogP contribution in [0.3, 0.4) is 0 Å². The number of nitrogens with zero attached hydrogens (tertiary/aromatic N) is 3. The Morgan fingerprint density at radius 2 is 1.92 bits per heavy atom. The summed E-state index contributed by atoms with van der Waals surface area (Å²) < 4.78 is 5.28. The van der Waals surface area contributed by atoms with Crippen LogP contribution in [-0.4, -0.2) is 79.3 Å². The quantitative estimate of drug-likeness (QED) is 0.387. The fourth-order valence-electron chi connectivity index (χ4n) is 2.86. The first-order chi connectivity index (χ1) is 11.6. The number of hydrogen-bond donors (Lipinski definition) is 2. The van der Waals surface area contributed by atoms with Gasteiger partial charge in [0, 0.05) is 45.5 Å². The molecule has 0 aromatic carbocycles. The van der Waals surface area contributed by atoms with Crippen LogP contribution in [0.4, 0.5) is 0 Å². The first-order valence-electron chi connectivity index (χ1n) is 8.27. The van der Waals surface area contributed by atoms with E-state index < -0.39 is 11.9 Å². The third kappa shape index (κ3) is 5.22. The number of carbonyl (C=O) groups is 2. The monoisotopic (exact) mass is 336 g/mol. The second-order valence-corrected chi connectivity index (χ2v) is 5.98. The summed E-state index contributed by atoms with van der Waals surface area (Å²) in [5.41, 5.74) is 0.0609. The van der Waals surface area contributed by atoms with Crippen LogP contribution in [0.5, 0.6) is 0 Å². The number of hydrogen-bond acceptors (Lipinski definition) is 6. The lowest BCUT2D eigenvalue weighted by atomic mass is 9.97. The van der Waals surface area contributed by atoms with E-state index in [1.807, 2.05) is 6.07 Å². The van der Waals surface area contributed by atoms with Crippen molar-refractivity contribution in [2.45, 2.75) is 12.8 Å². The summed E-state index contributed by atoms with van der Waals surface area (Å²) >= 11 is 0.